The second-order valence-electron chi connectivity index (χ2n) is 8.71. The maximum atomic E-state index is 13.8. The summed E-state index contributed by atoms with van der Waals surface area (Å²) in [5.41, 5.74) is 1.70. The number of piperidine rings is 1. The van der Waals surface area contributed by atoms with Gasteiger partial charge in [0.2, 0.25) is 5.91 Å². The second-order valence-corrected chi connectivity index (χ2v) is 9.09. The van der Waals surface area contributed by atoms with Crippen molar-refractivity contribution in [3.05, 3.63) is 77.4 Å². The van der Waals surface area contributed by atoms with Crippen LogP contribution in [-0.4, -0.2) is 43.0 Å². The van der Waals surface area contributed by atoms with Gasteiger partial charge in [0.05, 0.1) is 12.1 Å². The van der Waals surface area contributed by atoms with Gasteiger partial charge >= 0.3 is 0 Å². The zero-order chi connectivity index (χ0) is 24.4. The fourth-order valence-corrected chi connectivity index (χ4v) is 4.78. The number of rotatable bonds is 6. The van der Waals surface area contributed by atoms with Crippen molar-refractivity contribution in [1.29, 1.82) is 0 Å². The molecule has 0 saturated carbocycles. The number of amides is 2. The van der Waals surface area contributed by atoms with Crippen LogP contribution in [0.5, 0.6) is 0 Å². The number of H-pyrrole nitrogens is 1. The highest BCUT2D eigenvalue weighted by atomic mass is 35.5. The lowest BCUT2D eigenvalue weighted by molar-refractivity contribution is -0.119. The number of nitrogens with one attached hydrogen (secondary N) is 3. The zero-order valence-corrected chi connectivity index (χ0v) is 19.5. The molecule has 1 aromatic heterocycles. The van der Waals surface area contributed by atoms with Crippen LogP contribution >= 0.6 is 11.6 Å². The maximum absolute atomic E-state index is 13.8. The predicted octanol–water partition coefficient (Wildman–Crippen LogP) is 4.74. The summed E-state index contributed by atoms with van der Waals surface area (Å²) in [6.07, 6.45) is 2.17. The summed E-state index contributed by atoms with van der Waals surface area (Å²) in [5.74, 6) is -0.0409. The van der Waals surface area contributed by atoms with E-state index in [1.165, 1.54) is 4.90 Å². The molecule has 1 saturated heterocycles. The monoisotopic (exact) mass is 475 g/mol. The fourth-order valence-electron chi connectivity index (χ4n) is 4.57. The fraction of sp³-hybridized carbons (Fsp3) is 0.259. The van der Waals surface area contributed by atoms with Crippen LogP contribution in [0.1, 0.15) is 24.6 Å². The number of nitrogens with zero attached hydrogens (tertiary/aromatic N) is 1. The molecule has 4 aromatic rings. The van der Waals surface area contributed by atoms with Gasteiger partial charge in [-0.15, -0.1) is 0 Å². The third-order valence-corrected chi connectivity index (χ3v) is 6.76. The molecule has 0 aliphatic carbocycles. The lowest BCUT2D eigenvalue weighted by Crippen LogP contribution is -2.43. The van der Waals surface area contributed by atoms with E-state index in [1.54, 1.807) is 18.2 Å². The number of halogens is 1. The zero-order valence-electron chi connectivity index (χ0n) is 19.7. The molecule has 5 rings (SSSR count). The van der Waals surface area contributed by atoms with E-state index < -0.39 is 0 Å². The van der Waals surface area contributed by atoms with Crippen molar-refractivity contribution >= 4 is 50.8 Å². The van der Waals surface area contributed by atoms with Gasteiger partial charge in [-0.25, -0.2) is 0 Å². The van der Waals surface area contributed by atoms with Crippen LogP contribution in [0.4, 0.5) is 5.69 Å². The molecule has 2 amide bonds. The summed E-state index contributed by atoms with van der Waals surface area (Å²) in [7, 11) is 0. The van der Waals surface area contributed by atoms with Crippen LogP contribution in [0.15, 0.2) is 66.8 Å². The van der Waals surface area contributed by atoms with Crippen molar-refractivity contribution in [3.63, 3.8) is 0 Å². The van der Waals surface area contributed by atoms with E-state index in [9.17, 15) is 9.59 Å². The molecule has 0 radical (unpaired) electrons. The van der Waals surface area contributed by atoms with Gasteiger partial charge in [0.15, 0.2) is 0 Å². The van der Waals surface area contributed by atoms with E-state index in [4.69, 9.17) is 13.0 Å². The quantitative estimate of drug-likeness (QED) is 0.377. The summed E-state index contributed by atoms with van der Waals surface area (Å²) >= 11 is 6.19. The van der Waals surface area contributed by atoms with Gasteiger partial charge in [-0.2, -0.15) is 0 Å². The lowest BCUT2D eigenvalue weighted by atomic mass is 9.98. The van der Waals surface area contributed by atoms with Gasteiger partial charge in [0.1, 0.15) is 6.54 Å². The van der Waals surface area contributed by atoms with Gasteiger partial charge in [0.25, 0.3) is 5.91 Å². The van der Waals surface area contributed by atoms with Crippen molar-refractivity contribution in [2.45, 2.75) is 12.8 Å². The van der Waals surface area contributed by atoms with Crippen LogP contribution in [0, 0.1) is 5.92 Å². The number of hydrogen-bond acceptors (Lipinski definition) is 3. The van der Waals surface area contributed by atoms with Crippen LogP contribution in [0.3, 0.4) is 0 Å². The van der Waals surface area contributed by atoms with Gasteiger partial charge in [-0.3, -0.25) is 14.5 Å². The number of aromatic amines is 1. The smallest absolute Gasteiger partial charge is 0.258 e. The number of fused-ring (bicyclic) bond motifs is 2. The van der Waals surface area contributed by atoms with E-state index >= 15 is 0 Å². The average molecular weight is 476 g/mol. The Morgan fingerprint density at radius 1 is 1.06 bits per heavy atom. The Balaban J connectivity index is 1.46. The molecule has 0 bridgehead atoms. The number of anilines is 1. The van der Waals surface area contributed by atoms with E-state index in [2.05, 4.69) is 15.6 Å². The number of benzene rings is 3. The molecule has 0 spiro atoms. The van der Waals surface area contributed by atoms with E-state index in [-0.39, 0.29) is 24.5 Å². The van der Waals surface area contributed by atoms with Crippen molar-refractivity contribution in [2.75, 3.05) is 31.1 Å². The Labute approximate surface area is 204 Å². The SMILES string of the molecule is [2H]c1[nH]c2cc(C(=O)N(CC(=O)NCC3CCNCC3)c3cccc4ccccc34)ccc2c1Cl. The summed E-state index contributed by atoms with van der Waals surface area (Å²) in [6, 6.07) is 18.7. The highest BCUT2D eigenvalue weighted by Gasteiger charge is 2.24. The maximum Gasteiger partial charge on any atom is 0.258 e. The molecule has 6 nitrogen and oxygen atoms in total. The Bertz CT molecular complexity index is 1390. The minimum atomic E-state index is -0.294. The van der Waals surface area contributed by atoms with E-state index in [0.717, 1.165) is 36.7 Å². The van der Waals surface area contributed by atoms with Gasteiger partial charge in [0, 0.05) is 34.6 Å². The largest absolute Gasteiger partial charge is 0.360 e. The average Bonchev–Trinajstić information content (AvgIpc) is 3.18. The summed E-state index contributed by atoms with van der Waals surface area (Å²) in [5, 5.41) is 9.26. The number of carbonyl (C=O) groups is 2. The third-order valence-electron chi connectivity index (χ3n) is 6.46. The van der Waals surface area contributed by atoms with Crippen molar-refractivity contribution in [1.82, 2.24) is 15.6 Å². The molecule has 2 heterocycles. The highest BCUT2D eigenvalue weighted by Crippen LogP contribution is 2.29. The first-order valence-electron chi connectivity index (χ1n) is 12.1. The van der Waals surface area contributed by atoms with Gasteiger partial charge in [-0.1, -0.05) is 54.1 Å². The van der Waals surface area contributed by atoms with Crippen LogP contribution < -0.4 is 15.5 Å². The number of aromatic nitrogens is 1. The molecule has 0 atom stereocenters. The van der Waals surface area contributed by atoms with Crippen molar-refractivity contribution in [3.8, 4) is 0 Å². The van der Waals surface area contributed by atoms with Crippen molar-refractivity contribution < 1.29 is 11.0 Å². The molecule has 1 aliphatic heterocycles. The lowest BCUT2D eigenvalue weighted by Gasteiger charge is -2.26. The predicted molar refractivity (Wildman–Crippen MR) is 138 cm³/mol. The molecule has 3 aromatic carbocycles. The second kappa shape index (κ2) is 9.87. The molecular formula is C27H27ClN4O2. The molecule has 0 unspecified atom stereocenters. The highest BCUT2D eigenvalue weighted by molar-refractivity contribution is 6.35. The number of hydrogen-bond donors (Lipinski definition) is 3. The minimum absolute atomic E-state index is 0.0922. The summed E-state index contributed by atoms with van der Waals surface area (Å²) in [6.45, 7) is 2.45. The first kappa shape index (κ1) is 21.2. The number of carbonyl (C=O) groups excluding carboxylic acids is 2. The first-order chi connectivity index (χ1) is 17.0. The summed E-state index contributed by atoms with van der Waals surface area (Å²) < 4.78 is 7.92. The van der Waals surface area contributed by atoms with Gasteiger partial charge in [-0.05, 0) is 55.4 Å². The summed E-state index contributed by atoms with van der Waals surface area (Å²) in [4.78, 5) is 31.3. The van der Waals surface area contributed by atoms with E-state index in [0.29, 0.717) is 39.6 Å². The molecule has 1 fully saturated rings. The van der Waals surface area contributed by atoms with Crippen LogP contribution in [0.2, 0.25) is 5.02 Å². The first-order valence-corrected chi connectivity index (χ1v) is 11.9. The van der Waals surface area contributed by atoms with Crippen molar-refractivity contribution in [2.24, 2.45) is 5.92 Å². The Morgan fingerprint density at radius 3 is 2.71 bits per heavy atom. The topological polar surface area (TPSA) is 77.2 Å². The normalized spacial score (nSPS) is 14.8. The Hall–Kier alpha value is -3.35. The molecule has 7 heteroatoms. The minimum Gasteiger partial charge on any atom is -0.360 e. The Morgan fingerprint density at radius 2 is 1.85 bits per heavy atom. The molecule has 34 heavy (non-hydrogen) atoms. The molecule has 1 aliphatic rings. The van der Waals surface area contributed by atoms with Crippen LogP contribution in [0.25, 0.3) is 21.7 Å². The Kier molecular flexibility index (Phi) is 6.16. The molecule has 174 valence electrons. The molecular weight excluding hydrogens is 448 g/mol. The van der Waals surface area contributed by atoms with Gasteiger partial charge < -0.3 is 15.6 Å². The standard InChI is InChI=1S/C27H27ClN4O2/c28-23-16-30-24-14-20(8-9-22(23)24)27(34)32(17-26(33)31-15-18-10-12-29-13-11-18)25-7-3-5-19-4-1-2-6-21(19)25/h1-9,14,16,18,29-30H,10-13,15,17H2,(H,31,33)/i16D. The third kappa shape index (κ3) is 4.65. The van der Waals surface area contributed by atoms with E-state index in [1.807, 2.05) is 42.5 Å². The van der Waals surface area contributed by atoms with Crippen LogP contribution in [-0.2, 0) is 4.79 Å². The molecule has 3 N–H and O–H groups in total.